The predicted molar refractivity (Wildman–Crippen MR) is 97.6 cm³/mol. The Balaban J connectivity index is 1.80. The zero-order valence-electron chi connectivity index (χ0n) is 15.4. The maximum Gasteiger partial charge on any atom is 0.274 e. The number of hydrogen-bond acceptors (Lipinski definition) is 5. The van der Waals surface area contributed by atoms with E-state index in [9.17, 15) is 9.18 Å². The Morgan fingerprint density at radius 3 is 2.93 bits per heavy atom. The lowest BCUT2D eigenvalue weighted by Gasteiger charge is -2.12. The number of hydrogen-bond donors (Lipinski definition) is 1. The van der Waals surface area contributed by atoms with Crippen molar-refractivity contribution in [2.45, 2.75) is 32.9 Å². The Bertz CT molecular complexity index is 935. The average Bonchev–Trinajstić information content (AvgIpc) is 3.30. The highest BCUT2D eigenvalue weighted by molar-refractivity contribution is 5.76. The van der Waals surface area contributed by atoms with Crippen LogP contribution in [0.15, 0.2) is 41.1 Å². The smallest absolute Gasteiger partial charge is 0.274 e. The number of halogens is 1. The van der Waals surface area contributed by atoms with Crippen LogP contribution in [0.4, 0.5) is 4.39 Å². The van der Waals surface area contributed by atoms with Crippen LogP contribution in [0.3, 0.4) is 0 Å². The van der Waals surface area contributed by atoms with E-state index >= 15 is 0 Å². The monoisotopic (exact) mass is 372 g/mol. The fourth-order valence-corrected chi connectivity index (χ4v) is 2.57. The summed E-state index contributed by atoms with van der Waals surface area (Å²) in [5, 5.41) is 6.83. The van der Waals surface area contributed by atoms with Crippen molar-refractivity contribution in [3.63, 3.8) is 0 Å². The minimum absolute atomic E-state index is 0.0984. The van der Waals surface area contributed by atoms with Gasteiger partial charge in [-0.1, -0.05) is 12.1 Å². The summed E-state index contributed by atoms with van der Waals surface area (Å²) in [5.74, 6) is 0.0415. The summed E-state index contributed by atoms with van der Waals surface area (Å²) in [6.45, 7) is 4.10. The van der Waals surface area contributed by atoms with E-state index in [2.05, 4.69) is 15.5 Å². The molecule has 1 aromatic carbocycles. The van der Waals surface area contributed by atoms with Crippen molar-refractivity contribution in [3.8, 4) is 28.7 Å². The Morgan fingerprint density at radius 1 is 1.41 bits per heavy atom. The van der Waals surface area contributed by atoms with Crippen molar-refractivity contribution < 1.29 is 18.4 Å². The van der Waals surface area contributed by atoms with Gasteiger partial charge in [0.05, 0.1) is 7.11 Å². The average molecular weight is 372 g/mol. The van der Waals surface area contributed by atoms with Crippen molar-refractivity contribution in [2.24, 2.45) is 0 Å². The molecule has 27 heavy (non-hydrogen) atoms. The third kappa shape index (κ3) is 4.16. The first kappa shape index (κ1) is 18.6. The van der Waals surface area contributed by atoms with Crippen molar-refractivity contribution in [1.82, 2.24) is 20.0 Å². The lowest BCUT2D eigenvalue weighted by atomic mass is 10.2. The van der Waals surface area contributed by atoms with Crippen molar-refractivity contribution in [3.05, 3.63) is 42.3 Å². The predicted octanol–water partition coefficient (Wildman–Crippen LogP) is 3.27. The molecular formula is C19H21FN4O3. The number of benzene rings is 1. The SMILES string of the molecule is CC[C@H](C)NC(=O)Cn1cccc1-c1nc(-c2ccc(OC)c(F)c2)no1. The van der Waals surface area contributed by atoms with E-state index in [1.807, 2.05) is 13.8 Å². The number of rotatable bonds is 7. The lowest BCUT2D eigenvalue weighted by Crippen LogP contribution is -2.34. The normalized spacial score (nSPS) is 12.0. The van der Waals surface area contributed by atoms with Crippen molar-refractivity contribution in [2.75, 3.05) is 7.11 Å². The van der Waals surface area contributed by atoms with Crippen molar-refractivity contribution >= 4 is 5.91 Å². The molecule has 0 aliphatic heterocycles. The Morgan fingerprint density at radius 2 is 2.22 bits per heavy atom. The van der Waals surface area contributed by atoms with Gasteiger partial charge in [-0.25, -0.2) is 4.39 Å². The maximum absolute atomic E-state index is 13.9. The molecule has 0 aliphatic rings. The number of ether oxygens (including phenoxy) is 1. The first-order valence-electron chi connectivity index (χ1n) is 8.64. The number of nitrogens with zero attached hydrogens (tertiary/aromatic N) is 3. The third-order valence-corrected chi connectivity index (χ3v) is 4.22. The van der Waals surface area contributed by atoms with Gasteiger partial charge in [0.25, 0.3) is 5.89 Å². The highest BCUT2D eigenvalue weighted by Crippen LogP contribution is 2.26. The first-order chi connectivity index (χ1) is 13.0. The van der Waals surface area contributed by atoms with E-state index in [0.29, 0.717) is 11.3 Å². The van der Waals surface area contributed by atoms with Crippen LogP contribution in [0.25, 0.3) is 23.0 Å². The van der Waals surface area contributed by atoms with Crippen LogP contribution in [-0.4, -0.2) is 33.8 Å². The van der Waals surface area contributed by atoms with E-state index in [0.717, 1.165) is 6.42 Å². The van der Waals surface area contributed by atoms with Gasteiger partial charge in [0, 0.05) is 17.8 Å². The standard InChI is InChI=1S/C19H21FN4O3/c1-4-12(2)21-17(25)11-24-9-5-6-15(24)19-22-18(23-27-19)13-7-8-16(26-3)14(20)10-13/h5-10,12H,4,11H2,1-3H3,(H,21,25)/t12-/m0/s1. The molecule has 0 saturated carbocycles. The fourth-order valence-electron chi connectivity index (χ4n) is 2.57. The molecule has 0 radical (unpaired) electrons. The molecule has 2 aromatic heterocycles. The molecule has 3 aromatic rings. The van der Waals surface area contributed by atoms with Gasteiger partial charge in [0.1, 0.15) is 12.2 Å². The summed E-state index contributed by atoms with van der Waals surface area (Å²) < 4.78 is 25.8. The molecule has 1 atom stereocenters. The second kappa shape index (κ2) is 8.03. The fraction of sp³-hybridized carbons (Fsp3) is 0.316. The summed E-state index contributed by atoms with van der Waals surface area (Å²) in [6, 6.07) is 8.12. The van der Waals surface area contributed by atoms with Gasteiger partial charge < -0.3 is 19.1 Å². The van der Waals surface area contributed by atoms with E-state index in [1.165, 1.54) is 19.2 Å². The maximum atomic E-state index is 13.9. The zero-order valence-corrected chi connectivity index (χ0v) is 15.4. The van der Waals surface area contributed by atoms with Crippen LogP contribution in [0.5, 0.6) is 5.75 Å². The van der Waals surface area contributed by atoms with E-state index in [-0.39, 0.29) is 36.0 Å². The van der Waals surface area contributed by atoms with Crippen LogP contribution in [0, 0.1) is 5.82 Å². The molecule has 8 heteroatoms. The molecule has 1 amide bonds. The second-order valence-corrected chi connectivity index (χ2v) is 6.17. The molecular weight excluding hydrogens is 351 g/mol. The van der Waals surface area contributed by atoms with E-state index in [1.54, 1.807) is 29.0 Å². The van der Waals surface area contributed by atoms with Crippen LogP contribution in [0.2, 0.25) is 0 Å². The van der Waals surface area contributed by atoms with Gasteiger partial charge in [-0.3, -0.25) is 4.79 Å². The Kier molecular flexibility index (Phi) is 5.54. The van der Waals surface area contributed by atoms with Crippen LogP contribution >= 0.6 is 0 Å². The summed E-state index contributed by atoms with van der Waals surface area (Å²) in [7, 11) is 1.40. The summed E-state index contributed by atoms with van der Waals surface area (Å²) in [5.41, 5.74) is 1.08. The summed E-state index contributed by atoms with van der Waals surface area (Å²) in [6.07, 6.45) is 2.62. The van der Waals surface area contributed by atoms with Crippen LogP contribution in [-0.2, 0) is 11.3 Å². The zero-order chi connectivity index (χ0) is 19.4. The second-order valence-electron chi connectivity index (χ2n) is 6.17. The molecule has 7 nitrogen and oxygen atoms in total. The Labute approximate surface area is 156 Å². The third-order valence-electron chi connectivity index (χ3n) is 4.22. The largest absolute Gasteiger partial charge is 0.494 e. The number of carbonyl (C=O) groups excluding carboxylic acids is 1. The quantitative estimate of drug-likeness (QED) is 0.688. The van der Waals surface area contributed by atoms with Gasteiger partial charge in [0.2, 0.25) is 11.7 Å². The molecule has 0 unspecified atom stereocenters. The number of aromatic nitrogens is 3. The number of methoxy groups -OCH3 is 1. The molecule has 1 N–H and O–H groups in total. The Hall–Kier alpha value is -3.16. The molecule has 2 heterocycles. The van der Waals surface area contributed by atoms with Gasteiger partial charge in [-0.05, 0) is 43.7 Å². The number of amides is 1. The summed E-state index contributed by atoms with van der Waals surface area (Å²) in [4.78, 5) is 16.5. The lowest BCUT2D eigenvalue weighted by molar-refractivity contribution is -0.122. The minimum Gasteiger partial charge on any atom is -0.494 e. The number of carbonyl (C=O) groups is 1. The molecule has 0 saturated heterocycles. The van der Waals surface area contributed by atoms with Gasteiger partial charge >= 0.3 is 0 Å². The molecule has 0 spiro atoms. The number of nitrogens with one attached hydrogen (secondary N) is 1. The molecule has 142 valence electrons. The van der Waals surface area contributed by atoms with Crippen molar-refractivity contribution in [1.29, 1.82) is 0 Å². The molecule has 0 bridgehead atoms. The molecule has 0 fully saturated rings. The highest BCUT2D eigenvalue weighted by atomic mass is 19.1. The van der Waals surface area contributed by atoms with Crippen LogP contribution < -0.4 is 10.1 Å². The topological polar surface area (TPSA) is 82.2 Å². The van der Waals surface area contributed by atoms with Crippen LogP contribution in [0.1, 0.15) is 20.3 Å². The van der Waals surface area contributed by atoms with E-state index in [4.69, 9.17) is 9.26 Å². The molecule has 3 rings (SSSR count). The van der Waals surface area contributed by atoms with E-state index < -0.39 is 5.82 Å². The summed E-state index contributed by atoms with van der Waals surface area (Å²) >= 11 is 0. The first-order valence-corrected chi connectivity index (χ1v) is 8.64. The molecule has 0 aliphatic carbocycles. The van der Waals surface area contributed by atoms with Gasteiger partial charge in [0.15, 0.2) is 11.6 Å². The van der Waals surface area contributed by atoms with Gasteiger partial charge in [-0.15, -0.1) is 0 Å². The van der Waals surface area contributed by atoms with Gasteiger partial charge in [-0.2, -0.15) is 4.98 Å². The minimum atomic E-state index is -0.508. The highest BCUT2D eigenvalue weighted by Gasteiger charge is 2.17.